The number of ether oxygens (including phenoxy) is 1. The summed E-state index contributed by atoms with van der Waals surface area (Å²) in [6.45, 7) is 1.98. The smallest absolute Gasteiger partial charge is 0.274 e. The number of hydrogen-bond donors (Lipinski definition) is 4. The van der Waals surface area contributed by atoms with Gasteiger partial charge in [0.05, 0.1) is 30.0 Å². The van der Waals surface area contributed by atoms with Crippen LogP contribution in [-0.2, 0) is 4.74 Å². The number of anilines is 3. The zero-order valence-corrected chi connectivity index (χ0v) is 20.8. The van der Waals surface area contributed by atoms with Crippen molar-refractivity contribution in [2.24, 2.45) is 0 Å². The van der Waals surface area contributed by atoms with Gasteiger partial charge in [-0.3, -0.25) is 9.59 Å². The number of nitrogens with one attached hydrogen (secondary N) is 3. The molecule has 11 nitrogen and oxygen atoms in total. The van der Waals surface area contributed by atoms with Crippen molar-refractivity contribution in [3.05, 3.63) is 46.5 Å². The Kier molecular flexibility index (Phi) is 6.44. The molecule has 11 heteroatoms. The fraction of sp³-hybridized carbons (Fsp3) is 0.520. The number of carbonyl (C=O) groups excluding carboxylic acids is 1. The second-order valence-corrected chi connectivity index (χ2v) is 9.83. The molecule has 0 aromatic carbocycles. The lowest BCUT2D eigenvalue weighted by molar-refractivity contribution is -0.0828. The van der Waals surface area contributed by atoms with E-state index in [1.807, 2.05) is 6.92 Å². The molecule has 2 aliphatic carbocycles. The first-order chi connectivity index (χ1) is 17.3. The number of aliphatic hydroxyl groups is 1. The summed E-state index contributed by atoms with van der Waals surface area (Å²) in [5.74, 6) is 0.717. The van der Waals surface area contributed by atoms with Crippen molar-refractivity contribution >= 4 is 28.9 Å². The van der Waals surface area contributed by atoms with E-state index >= 15 is 0 Å². The van der Waals surface area contributed by atoms with E-state index in [0.29, 0.717) is 35.0 Å². The molecule has 192 valence electrons. The van der Waals surface area contributed by atoms with Gasteiger partial charge in [0, 0.05) is 26.4 Å². The van der Waals surface area contributed by atoms with Crippen molar-refractivity contribution in [1.82, 2.24) is 24.5 Å². The third-order valence-corrected chi connectivity index (χ3v) is 7.70. The molecule has 0 radical (unpaired) electrons. The highest BCUT2D eigenvalue weighted by molar-refractivity contribution is 6.00. The number of methoxy groups -OCH3 is 1. The van der Waals surface area contributed by atoms with Crippen LogP contribution >= 0.6 is 0 Å². The van der Waals surface area contributed by atoms with Gasteiger partial charge in [-0.05, 0) is 44.7 Å². The molecule has 3 aromatic heterocycles. The molecule has 4 atom stereocenters. The molecule has 5 rings (SSSR count). The summed E-state index contributed by atoms with van der Waals surface area (Å²) in [6.07, 6.45) is 7.78. The highest BCUT2D eigenvalue weighted by atomic mass is 16.5. The van der Waals surface area contributed by atoms with Gasteiger partial charge in [-0.25, -0.2) is 4.98 Å². The normalized spacial score (nSPS) is 25.8. The van der Waals surface area contributed by atoms with Crippen LogP contribution in [0.1, 0.15) is 61.8 Å². The average molecular weight is 496 g/mol. The molecule has 0 spiro atoms. The monoisotopic (exact) mass is 495 g/mol. The van der Waals surface area contributed by atoms with Crippen molar-refractivity contribution in [1.29, 1.82) is 0 Å². The molecule has 3 aromatic rings. The number of fused-ring (bicyclic) bond motifs is 1. The Morgan fingerprint density at radius 1 is 1.28 bits per heavy atom. The maximum absolute atomic E-state index is 13.3. The van der Waals surface area contributed by atoms with Gasteiger partial charge in [-0.15, -0.1) is 0 Å². The van der Waals surface area contributed by atoms with E-state index in [4.69, 9.17) is 4.74 Å². The van der Waals surface area contributed by atoms with Crippen LogP contribution in [0.5, 0.6) is 0 Å². The minimum absolute atomic E-state index is 0.0899. The van der Waals surface area contributed by atoms with E-state index in [9.17, 15) is 14.7 Å². The fourth-order valence-corrected chi connectivity index (χ4v) is 5.19. The first-order valence-electron chi connectivity index (χ1n) is 12.4. The van der Waals surface area contributed by atoms with Gasteiger partial charge >= 0.3 is 0 Å². The number of aliphatic hydroxyl groups excluding tert-OH is 1. The third-order valence-electron chi connectivity index (χ3n) is 7.70. The molecule has 0 saturated heterocycles. The van der Waals surface area contributed by atoms with Gasteiger partial charge < -0.3 is 30.4 Å². The van der Waals surface area contributed by atoms with E-state index in [1.165, 1.54) is 6.20 Å². The summed E-state index contributed by atoms with van der Waals surface area (Å²) in [6, 6.07) is 4.86. The van der Waals surface area contributed by atoms with Crippen molar-refractivity contribution in [3.63, 3.8) is 0 Å². The van der Waals surface area contributed by atoms with E-state index in [2.05, 4.69) is 26.0 Å². The minimum Gasteiger partial charge on any atom is -0.391 e. The molecule has 2 fully saturated rings. The quantitative estimate of drug-likeness (QED) is 0.393. The van der Waals surface area contributed by atoms with Gasteiger partial charge in [0.25, 0.3) is 11.5 Å². The van der Waals surface area contributed by atoms with Crippen molar-refractivity contribution in [3.8, 4) is 0 Å². The van der Waals surface area contributed by atoms with Gasteiger partial charge in [0.2, 0.25) is 0 Å². The number of rotatable bonds is 7. The molecule has 2 saturated carbocycles. The maximum atomic E-state index is 13.3. The highest BCUT2D eigenvalue weighted by Gasteiger charge is 2.44. The van der Waals surface area contributed by atoms with Crippen LogP contribution in [0.25, 0.3) is 5.65 Å². The third kappa shape index (κ3) is 4.22. The Labute approximate surface area is 208 Å². The Morgan fingerprint density at radius 3 is 2.78 bits per heavy atom. The Hall–Kier alpha value is -3.44. The van der Waals surface area contributed by atoms with Crippen LogP contribution in [0.2, 0.25) is 0 Å². The molecule has 2 aliphatic rings. The van der Waals surface area contributed by atoms with Gasteiger partial charge in [-0.1, -0.05) is 12.8 Å². The lowest BCUT2D eigenvalue weighted by Gasteiger charge is -2.45. The highest BCUT2D eigenvalue weighted by Crippen LogP contribution is 2.35. The van der Waals surface area contributed by atoms with Crippen LogP contribution in [0.3, 0.4) is 0 Å². The van der Waals surface area contributed by atoms with Crippen LogP contribution in [0.4, 0.5) is 17.3 Å². The molecule has 1 amide bonds. The summed E-state index contributed by atoms with van der Waals surface area (Å²) >= 11 is 0. The first-order valence-corrected chi connectivity index (χ1v) is 12.4. The molecular formula is C25H33N7O4. The fourth-order valence-electron chi connectivity index (χ4n) is 5.19. The molecule has 0 bridgehead atoms. The largest absolute Gasteiger partial charge is 0.391 e. The summed E-state index contributed by atoms with van der Waals surface area (Å²) in [5.41, 5.74) is 0.417. The van der Waals surface area contributed by atoms with Crippen LogP contribution in [0.15, 0.2) is 35.4 Å². The van der Waals surface area contributed by atoms with Gasteiger partial charge in [0.1, 0.15) is 22.9 Å². The topological polar surface area (TPSA) is 135 Å². The van der Waals surface area contributed by atoms with Gasteiger partial charge in [0.15, 0.2) is 5.65 Å². The first kappa shape index (κ1) is 24.3. The van der Waals surface area contributed by atoms with E-state index in [1.54, 1.807) is 47.6 Å². The molecular weight excluding hydrogens is 462 g/mol. The zero-order valence-electron chi connectivity index (χ0n) is 20.8. The van der Waals surface area contributed by atoms with Crippen molar-refractivity contribution < 1.29 is 14.6 Å². The Balaban J connectivity index is 1.45. The lowest BCUT2D eigenvalue weighted by Crippen LogP contribution is -2.59. The second kappa shape index (κ2) is 9.55. The van der Waals surface area contributed by atoms with Crippen LogP contribution in [0, 0.1) is 0 Å². The van der Waals surface area contributed by atoms with Gasteiger partial charge in [-0.2, -0.15) is 9.61 Å². The van der Waals surface area contributed by atoms with Crippen LogP contribution in [-0.4, -0.2) is 62.1 Å². The summed E-state index contributed by atoms with van der Waals surface area (Å²) in [5, 5.41) is 24.0. The molecule has 36 heavy (non-hydrogen) atoms. The lowest BCUT2D eigenvalue weighted by atomic mass is 9.76. The van der Waals surface area contributed by atoms with E-state index < -0.39 is 6.10 Å². The number of hydrogen-bond acceptors (Lipinski definition) is 8. The predicted octanol–water partition coefficient (Wildman–Crippen LogP) is 2.45. The summed E-state index contributed by atoms with van der Waals surface area (Å²) in [7, 11) is 3.40. The maximum Gasteiger partial charge on any atom is 0.274 e. The van der Waals surface area contributed by atoms with E-state index in [-0.39, 0.29) is 29.2 Å². The van der Waals surface area contributed by atoms with E-state index in [0.717, 1.165) is 32.1 Å². The average Bonchev–Trinajstić information content (AvgIpc) is 3.31. The molecule has 3 heterocycles. The van der Waals surface area contributed by atoms with Crippen LogP contribution < -0.4 is 21.5 Å². The molecule has 0 aliphatic heterocycles. The standard InChI is InChI=1S/C25H33N7O4/c1-25(36-3)11-10-19(25)29-23(34)15-14-27-32-21(26-2)13-20(30-22(15)32)28-16-7-6-12-31(24(16)35)17-8-4-5-9-18(17)33/h6-7,12-14,17-19,26,33H,4-5,8-11H2,1-3H3,(H,28,30)(H,29,34)/t17-,18+,19-,25-/m0/s1. The number of amides is 1. The number of nitrogens with zero attached hydrogens (tertiary/aromatic N) is 4. The Bertz CT molecular complexity index is 1330. The zero-order chi connectivity index (χ0) is 25.4. The molecule has 0 unspecified atom stereocenters. The second-order valence-electron chi connectivity index (χ2n) is 9.83. The number of pyridine rings is 1. The molecule has 4 N–H and O–H groups in total. The SMILES string of the molecule is CNc1cc(Nc2cccn([C@H]3CCCC[C@H]3O)c2=O)nc2c(C(=O)N[C@H]3CC[C@]3(C)OC)cnn12. The minimum atomic E-state index is -0.541. The number of aromatic nitrogens is 4. The number of carbonyl (C=O) groups is 1. The predicted molar refractivity (Wildman–Crippen MR) is 136 cm³/mol. The summed E-state index contributed by atoms with van der Waals surface area (Å²) < 4.78 is 8.72. The van der Waals surface area contributed by atoms with Crippen molar-refractivity contribution in [2.45, 2.75) is 69.2 Å². The summed E-state index contributed by atoms with van der Waals surface area (Å²) in [4.78, 5) is 31.0. The Morgan fingerprint density at radius 2 is 2.08 bits per heavy atom. The van der Waals surface area contributed by atoms with Crippen molar-refractivity contribution in [2.75, 3.05) is 24.8 Å².